The Morgan fingerprint density at radius 2 is 1.12 bits per heavy atom. The van der Waals surface area contributed by atoms with E-state index in [4.69, 9.17) is 0 Å². The molecule has 4 heterocycles. The monoisotopic (exact) mass is 976 g/mol. The lowest BCUT2D eigenvalue weighted by Gasteiger charge is -2.51. The van der Waals surface area contributed by atoms with Gasteiger partial charge in [-0.15, -0.1) is 0 Å². The number of fused-ring (bicyclic) bond motifs is 13. The molecule has 74 heavy (non-hydrogen) atoms. The lowest BCUT2D eigenvalue weighted by Crippen LogP contribution is -2.61. The van der Waals surface area contributed by atoms with Gasteiger partial charge in [0.2, 0.25) is 0 Å². The molecule has 6 aliphatic rings. The van der Waals surface area contributed by atoms with Crippen molar-refractivity contribution in [1.82, 2.24) is 4.57 Å². The summed E-state index contributed by atoms with van der Waals surface area (Å²) in [6.45, 7) is 44.2. The molecule has 4 heteroatoms. The molecule has 0 spiro atoms. The van der Waals surface area contributed by atoms with Crippen LogP contribution in [0, 0.1) is 6.92 Å². The summed E-state index contributed by atoms with van der Waals surface area (Å²) in [7, 11) is 0. The van der Waals surface area contributed by atoms with Crippen LogP contribution in [0.3, 0.4) is 0 Å². The first-order chi connectivity index (χ1) is 34.5. The van der Waals surface area contributed by atoms with Gasteiger partial charge in [-0.05, 0) is 169 Å². The Labute approximate surface area is 445 Å². The molecule has 3 aliphatic carbocycles. The predicted octanol–water partition coefficient (Wildman–Crippen LogP) is 16.8. The van der Waals surface area contributed by atoms with E-state index in [0.717, 1.165) is 6.42 Å². The van der Waals surface area contributed by atoms with Crippen LogP contribution < -0.4 is 26.2 Å². The van der Waals surface area contributed by atoms with Gasteiger partial charge >= 0.3 is 0 Å². The van der Waals surface area contributed by atoms with Crippen molar-refractivity contribution in [2.24, 2.45) is 0 Å². The van der Waals surface area contributed by atoms with Crippen LogP contribution in [0.1, 0.15) is 206 Å². The van der Waals surface area contributed by atoms with E-state index in [9.17, 15) is 0 Å². The molecule has 6 aromatic carbocycles. The smallest absolute Gasteiger partial charge is 0.252 e. The first-order valence-electron chi connectivity index (χ1n) is 28.6. The van der Waals surface area contributed by atoms with Crippen LogP contribution in [0.5, 0.6) is 0 Å². The highest BCUT2D eigenvalue weighted by Gasteiger charge is 2.59. The van der Waals surface area contributed by atoms with Crippen molar-refractivity contribution < 1.29 is 0 Å². The van der Waals surface area contributed by atoms with Crippen LogP contribution in [0.4, 0.5) is 28.4 Å². The summed E-state index contributed by atoms with van der Waals surface area (Å²) >= 11 is 0. The lowest BCUT2D eigenvalue weighted by atomic mass is 9.33. The topological polar surface area (TPSA) is 11.4 Å². The maximum atomic E-state index is 2.88. The van der Waals surface area contributed by atoms with E-state index in [2.05, 4.69) is 236 Å². The van der Waals surface area contributed by atoms with Gasteiger partial charge < -0.3 is 14.4 Å². The molecule has 1 aromatic heterocycles. The van der Waals surface area contributed by atoms with E-state index >= 15 is 0 Å². The van der Waals surface area contributed by atoms with Gasteiger partial charge in [-0.25, -0.2) is 0 Å². The SMILES string of the molecule is Cc1cc2c(cc1N1c3cc(C(C)(C)C)ccc3B3c4c1cc(N1c5ccc(C(C)(C)C)cc5C5(C)CCCCC15C)cc4-n1c4c(c5cc(C(C)(C)C)cc3c51)C(C)(C)c1ccccc1-4)C(C)(C)CCC2(C)C. The summed E-state index contributed by atoms with van der Waals surface area (Å²) in [6, 6.07) is 40.5. The van der Waals surface area contributed by atoms with E-state index in [1.807, 2.05) is 0 Å². The molecule has 380 valence electrons. The summed E-state index contributed by atoms with van der Waals surface area (Å²) in [6.07, 6.45) is 7.21. The number of hydrogen-bond donors (Lipinski definition) is 0. The maximum Gasteiger partial charge on any atom is 0.252 e. The third-order valence-corrected chi connectivity index (χ3v) is 20.7. The highest BCUT2D eigenvalue weighted by molar-refractivity contribution is 7.00. The Bertz CT molecular complexity index is 3610. The average molecular weight is 976 g/mol. The molecule has 7 aromatic rings. The van der Waals surface area contributed by atoms with Gasteiger partial charge in [0.25, 0.3) is 6.71 Å². The first kappa shape index (κ1) is 48.2. The van der Waals surface area contributed by atoms with Crippen LogP contribution >= 0.6 is 0 Å². The van der Waals surface area contributed by atoms with Crippen molar-refractivity contribution >= 4 is 62.4 Å². The van der Waals surface area contributed by atoms with Gasteiger partial charge in [-0.1, -0.05) is 184 Å². The Morgan fingerprint density at radius 3 is 1.81 bits per heavy atom. The average Bonchev–Trinajstić information content (AvgIpc) is 3.94. The van der Waals surface area contributed by atoms with Crippen molar-refractivity contribution in [1.29, 1.82) is 0 Å². The van der Waals surface area contributed by atoms with E-state index in [1.54, 1.807) is 0 Å². The predicted molar refractivity (Wildman–Crippen MR) is 319 cm³/mol. The Kier molecular flexibility index (Phi) is 9.58. The summed E-state index contributed by atoms with van der Waals surface area (Å²) < 4.78 is 2.80. The molecule has 1 saturated carbocycles. The van der Waals surface area contributed by atoms with Gasteiger partial charge in [0.1, 0.15) is 0 Å². The second kappa shape index (κ2) is 14.7. The Hall–Kier alpha value is -5.48. The zero-order valence-electron chi connectivity index (χ0n) is 48.4. The largest absolute Gasteiger partial charge is 0.334 e. The zero-order chi connectivity index (χ0) is 52.6. The highest BCUT2D eigenvalue weighted by atomic mass is 15.3. The molecule has 2 unspecified atom stereocenters. The van der Waals surface area contributed by atoms with Crippen LogP contribution in [0.25, 0.3) is 27.8 Å². The summed E-state index contributed by atoms with van der Waals surface area (Å²) in [4.78, 5) is 5.66. The molecule has 2 atom stereocenters. The number of rotatable bonds is 2. The van der Waals surface area contributed by atoms with Crippen LogP contribution in [0.15, 0.2) is 97.1 Å². The fourth-order valence-electron chi connectivity index (χ4n) is 15.9. The Morgan fingerprint density at radius 1 is 0.500 bits per heavy atom. The van der Waals surface area contributed by atoms with Crippen molar-refractivity contribution in [2.75, 3.05) is 9.80 Å². The van der Waals surface area contributed by atoms with Crippen molar-refractivity contribution in [2.45, 2.75) is 207 Å². The molecule has 3 aliphatic heterocycles. The van der Waals surface area contributed by atoms with E-state index in [-0.39, 0.29) is 50.2 Å². The number of aryl methyl sites for hydroxylation is 1. The van der Waals surface area contributed by atoms with Gasteiger partial charge in [-0.3, -0.25) is 0 Å². The molecule has 3 nitrogen and oxygen atoms in total. The fourth-order valence-corrected chi connectivity index (χ4v) is 15.9. The fraction of sp³-hybridized carbons (Fsp3) is 0.457. The summed E-state index contributed by atoms with van der Waals surface area (Å²) in [5, 5.41) is 1.42. The number of anilines is 5. The van der Waals surface area contributed by atoms with Crippen molar-refractivity contribution in [3.05, 3.63) is 147 Å². The molecule has 13 rings (SSSR count). The van der Waals surface area contributed by atoms with Crippen molar-refractivity contribution in [3.63, 3.8) is 0 Å². The maximum absolute atomic E-state index is 2.88. The first-order valence-corrected chi connectivity index (χ1v) is 28.6. The second-order valence-electron chi connectivity index (χ2n) is 29.7. The zero-order valence-corrected chi connectivity index (χ0v) is 48.4. The van der Waals surface area contributed by atoms with Gasteiger partial charge in [-0.2, -0.15) is 0 Å². The molecule has 0 amide bonds. The standard InChI is InChI=1S/C70H82BN3/c1-41-33-49-50(67(13,14)32-31-66(49,11)12)40-55(41)72-56-37-43(64(5,6)7)25-27-52(56)71-53-36-44(65(8,9)10)34-47-59-62(46-23-19-20-24-48(46)68(59,15)16)73(61(47)53)58-39-45(38-57(72)60(58)71)74-54-28-26-42(63(2,3)4)35-51(54)69(17)29-21-22-30-70(69,74)18/h19-20,23-28,33-40H,21-22,29-32H2,1-18H3. The third kappa shape index (κ3) is 6.21. The quantitative estimate of drug-likeness (QED) is 0.160. The minimum absolute atomic E-state index is 0.0141. The van der Waals surface area contributed by atoms with Gasteiger partial charge in [0.15, 0.2) is 0 Å². The minimum Gasteiger partial charge on any atom is -0.334 e. The normalized spacial score (nSPS) is 22.5. The molecule has 1 fully saturated rings. The third-order valence-electron chi connectivity index (χ3n) is 20.7. The lowest BCUT2D eigenvalue weighted by molar-refractivity contribution is 0.195. The van der Waals surface area contributed by atoms with Crippen LogP contribution in [0.2, 0.25) is 0 Å². The summed E-state index contributed by atoms with van der Waals surface area (Å²) in [5.74, 6) is 0. The number of hydrogen-bond acceptors (Lipinski definition) is 2. The molecular weight excluding hydrogens is 894 g/mol. The van der Waals surface area contributed by atoms with Crippen LogP contribution in [-0.4, -0.2) is 16.8 Å². The number of benzene rings is 6. The minimum atomic E-state index is -0.188. The Balaban J connectivity index is 1.22. The number of nitrogens with zero attached hydrogens (tertiary/aromatic N) is 3. The van der Waals surface area contributed by atoms with E-state index < -0.39 is 0 Å². The van der Waals surface area contributed by atoms with Crippen molar-refractivity contribution in [3.8, 4) is 16.9 Å². The molecular formula is C70H82BN3. The molecule has 0 radical (unpaired) electrons. The van der Waals surface area contributed by atoms with E-state index in [0.29, 0.717) is 0 Å². The van der Waals surface area contributed by atoms with Gasteiger partial charge in [0, 0.05) is 61.4 Å². The molecule has 0 saturated heterocycles. The highest BCUT2D eigenvalue weighted by Crippen LogP contribution is 2.63. The van der Waals surface area contributed by atoms with E-state index in [1.165, 1.54) is 155 Å². The van der Waals surface area contributed by atoms with Gasteiger partial charge in [0.05, 0.1) is 11.2 Å². The summed E-state index contributed by atoms with van der Waals surface area (Å²) in [5.41, 5.74) is 29.2. The molecule has 0 bridgehead atoms. The molecule has 0 N–H and O–H groups in total. The second-order valence-corrected chi connectivity index (χ2v) is 29.7. The van der Waals surface area contributed by atoms with Crippen LogP contribution in [-0.2, 0) is 37.9 Å². The number of aromatic nitrogens is 1.